The summed E-state index contributed by atoms with van der Waals surface area (Å²) >= 11 is 0. The average Bonchev–Trinajstić information content (AvgIpc) is 3.20. The van der Waals surface area contributed by atoms with E-state index in [4.69, 9.17) is 0 Å². The molecule has 2 aromatic rings. The Balaban J connectivity index is 1.81. The number of amides is 1. The van der Waals surface area contributed by atoms with Crippen LogP contribution in [-0.4, -0.2) is 31.7 Å². The Labute approximate surface area is 167 Å². The lowest BCUT2D eigenvalue weighted by Crippen LogP contribution is -2.29. The normalized spacial score (nSPS) is 16.1. The number of hydrogen-bond acceptors (Lipinski definition) is 3. The summed E-state index contributed by atoms with van der Waals surface area (Å²) in [5.74, 6) is -0.274. The number of hydrogen-bond donors (Lipinski definition) is 1. The molecule has 0 bridgehead atoms. The van der Waals surface area contributed by atoms with Crippen LogP contribution in [0.3, 0.4) is 0 Å². The fraction of sp³-hybridized carbons (Fsp3) is 0.409. The van der Waals surface area contributed by atoms with E-state index in [0.717, 1.165) is 24.0 Å². The van der Waals surface area contributed by atoms with Crippen molar-refractivity contribution in [1.29, 1.82) is 0 Å². The van der Waals surface area contributed by atoms with E-state index in [1.54, 1.807) is 18.2 Å². The highest BCUT2D eigenvalue weighted by Crippen LogP contribution is 2.24. The molecule has 1 heterocycles. The first kappa shape index (κ1) is 20.6. The van der Waals surface area contributed by atoms with Gasteiger partial charge >= 0.3 is 0 Å². The zero-order chi connectivity index (χ0) is 20.5. The molecule has 0 spiro atoms. The number of rotatable bonds is 5. The summed E-state index contributed by atoms with van der Waals surface area (Å²) in [5, 5.41) is 3.00. The molecule has 1 atom stereocenters. The van der Waals surface area contributed by atoms with Crippen LogP contribution in [0.25, 0.3) is 0 Å². The molecular weight excluding hydrogens is 372 g/mol. The number of benzene rings is 2. The van der Waals surface area contributed by atoms with E-state index < -0.39 is 10.0 Å². The third-order valence-electron chi connectivity index (χ3n) is 5.50. The first-order chi connectivity index (χ1) is 13.2. The van der Waals surface area contributed by atoms with Crippen molar-refractivity contribution in [3.8, 4) is 0 Å². The van der Waals surface area contributed by atoms with Crippen molar-refractivity contribution in [2.45, 2.75) is 51.5 Å². The summed E-state index contributed by atoms with van der Waals surface area (Å²) in [6.45, 7) is 9.19. The van der Waals surface area contributed by atoms with Crippen molar-refractivity contribution < 1.29 is 13.2 Å². The highest BCUT2D eigenvalue weighted by molar-refractivity contribution is 7.89. The van der Waals surface area contributed by atoms with Crippen molar-refractivity contribution in [3.05, 3.63) is 64.2 Å². The molecule has 1 aliphatic rings. The molecule has 1 N–H and O–H groups in total. The second-order valence-corrected chi connectivity index (χ2v) is 9.57. The Kier molecular flexibility index (Phi) is 5.91. The fourth-order valence-corrected chi connectivity index (χ4v) is 5.25. The largest absolute Gasteiger partial charge is 0.346 e. The van der Waals surface area contributed by atoms with Gasteiger partial charge in [-0.15, -0.1) is 0 Å². The van der Waals surface area contributed by atoms with Gasteiger partial charge in [-0.25, -0.2) is 8.42 Å². The van der Waals surface area contributed by atoms with Crippen molar-refractivity contribution >= 4 is 15.9 Å². The minimum atomic E-state index is -3.54. The van der Waals surface area contributed by atoms with Gasteiger partial charge in [0.1, 0.15) is 0 Å². The second kappa shape index (κ2) is 8.05. The van der Waals surface area contributed by atoms with Gasteiger partial charge in [0.15, 0.2) is 0 Å². The van der Waals surface area contributed by atoms with Gasteiger partial charge in [0.2, 0.25) is 10.0 Å². The lowest BCUT2D eigenvalue weighted by atomic mass is 9.96. The minimum absolute atomic E-state index is 0.175. The number of carbonyl (C=O) groups is 1. The van der Waals surface area contributed by atoms with E-state index >= 15 is 0 Å². The van der Waals surface area contributed by atoms with Crippen molar-refractivity contribution in [3.63, 3.8) is 0 Å². The summed E-state index contributed by atoms with van der Waals surface area (Å²) < 4.78 is 27.0. The average molecular weight is 401 g/mol. The fourth-order valence-electron chi connectivity index (χ4n) is 3.68. The first-order valence-corrected chi connectivity index (χ1v) is 11.1. The molecule has 6 heteroatoms. The van der Waals surface area contributed by atoms with Crippen LogP contribution in [0.1, 0.15) is 58.4 Å². The number of carbonyl (C=O) groups excluding carboxylic acids is 1. The molecule has 1 aliphatic heterocycles. The number of sulfonamides is 1. The zero-order valence-corrected chi connectivity index (χ0v) is 17.8. The third kappa shape index (κ3) is 4.13. The van der Waals surface area contributed by atoms with E-state index in [9.17, 15) is 13.2 Å². The highest BCUT2D eigenvalue weighted by Gasteiger charge is 2.27. The van der Waals surface area contributed by atoms with Crippen LogP contribution >= 0.6 is 0 Å². The molecule has 1 unspecified atom stereocenters. The van der Waals surface area contributed by atoms with E-state index in [-0.39, 0.29) is 16.8 Å². The van der Waals surface area contributed by atoms with E-state index in [1.807, 2.05) is 13.8 Å². The van der Waals surface area contributed by atoms with Crippen LogP contribution in [0, 0.1) is 20.8 Å². The number of aryl methyl sites for hydroxylation is 3. The number of nitrogens with one attached hydrogen (secondary N) is 1. The van der Waals surface area contributed by atoms with Crippen LogP contribution in [0.5, 0.6) is 0 Å². The van der Waals surface area contributed by atoms with Gasteiger partial charge < -0.3 is 5.32 Å². The lowest BCUT2D eigenvalue weighted by molar-refractivity contribution is 0.0939. The van der Waals surface area contributed by atoms with Gasteiger partial charge in [-0.2, -0.15) is 4.31 Å². The molecule has 0 radical (unpaired) electrons. The van der Waals surface area contributed by atoms with Crippen LogP contribution < -0.4 is 5.32 Å². The molecule has 1 fully saturated rings. The topological polar surface area (TPSA) is 66.5 Å². The summed E-state index contributed by atoms with van der Waals surface area (Å²) in [7, 11) is -3.54. The SMILES string of the molecule is Cc1cc(C)c(C(C)NC(=O)c2cccc(S(=O)(=O)N3CCCC3)c2)cc1C. The van der Waals surface area contributed by atoms with Crippen LogP contribution in [-0.2, 0) is 10.0 Å². The molecule has 1 saturated heterocycles. The van der Waals surface area contributed by atoms with Crippen molar-refractivity contribution in [1.82, 2.24) is 9.62 Å². The molecule has 150 valence electrons. The third-order valence-corrected chi connectivity index (χ3v) is 7.39. The Morgan fingerprint density at radius 2 is 1.64 bits per heavy atom. The minimum Gasteiger partial charge on any atom is -0.346 e. The molecule has 28 heavy (non-hydrogen) atoms. The van der Waals surface area contributed by atoms with Gasteiger partial charge in [-0.1, -0.05) is 18.2 Å². The van der Waals surface area contributed by atoms with Crippen molar-refractivity contribution in [2.75, 3.05) is 13.1 Å². The lowest BCUT2D eigenvalue weighted by Gasteiger charge is -2.19. The monoisotopic (exact) mass is 400 g/mol. The Bertz CT molecular complexity index is 993. The maximum absolute atomic E-state index is 12.8. The summed E-state index contributed by atoms with van der Waals surface area (Å²) in [5.41, 5.74) is 4.95. The van der Waals surface area contributed by atoms with E-state index in [0.29, 0.717) is 18.7 Å². The molecule has 0 aliphatic carbocycles. The van der Waals surface area contributed by atoms with Crippen LogP contribution in [0.4, 0.5) is 0 Å². The maximum atomic E-state index is 12.8. The maximum Gasteiger partial charge on any atom is 0.251 e. The van der Waals surface area contributed by atoms with Crippen LogP contribution in [0.2, 0.25) is 0 Å². The Morgan fingerprint density at radius 3 is 2.32 bits per heavy atom. The number of nitrogens with zero attached hydrogens (tertiary/aromatic N) is 1. The smallest absolute Gasteiger partial charge is 0.251 e. The summed E-state index contributed by atoms with van der Waals surface area (Å²) in [4.78, 5) is 13.0. The highest BCUT2D eigenvalue weighted by atomic mass is 32.2. The molecule has 0 aromatic heterocycles. The molecule has 1 amide bonds. The molecular formula is C22H28N2O3S. The summed E-state index contributed by atoms with van der Waals surface area (Å²) in [6.07, 6.45) is 1.76. The van der Waals surface area contributed by atoms with Gasteiger partial charge in [-0.05, 0) is 81.0 Å². The van der Waals surface area contributed by atoms with Gasteiger partial charge in [-0.3, -0.25) is 4.79 Å². The predicted octanol–water partition coefficient (Wildman–Crippen LogP) is 3.89. The molecule has 0 saturated carbocycles. The molecule has 2 aromatic carbocycles. The van der Waals surface area contributed by atoms with Crippen LogP contribution in [0.15, 0.2) is 41.3 Å². The Hall–Kier alpha value is -2.18. The van der Waals surface area contributed by atoms with Gasteiger partial charge in [0, 0.05) is 18.7 Å². The summed E-state index contributed by atoms with van der Waals surface area (Å²) in [6, 6.07) is 10.4. The zero-order valence-electron chi connectivity index (χ0n) is 17.0. The van der Waals surface area contributed by atoms with Crippen molar-refractivity contribution in [2.24, 2.45) is 0 Å². The van der Waals surface area contributed by atoms with E-state index in [2.05, 4.69) is 31.3 Å². The predicted molar refractivity (Wildman–Crippen MR) is 111 cm³/mol. The first-order valence-electron chi connectivity index (χ1n) is 9.69. The standard InChI is InChI=1S/C22H28N2O3S/c1-15-12-17(3)21(13-16(15)2)18(4)23-22(25)19-8-7-9-20(14-19)28(26,27)24-10-5-6-11-24/h7-9,12-14,18H,5-6,10-11H2,1-4H3,(H,23,25). The Morgan fingerprint density at radius 1 is 1.00 bits per heavy atom. The molecule has 5 nitrogen and oxygen atoms in total. The van der Waals surface area contributed by atoms with Gasteiger partial charge in [0.05, 0.1) is 10.9 Å². The second-order valence-electron chi connectivity index (χ2n) is 7.63. The van der Waals surface area contributed by atoms with E-state index in [1.165, 1.54) is 21.5 Å². The quantitative estimate of drug-likeness (QED) is 0.828. The molecule has 3 rings (SSSR count). The van der Waals surface area contributed by atoms with Gasteiger partial charge in [0.25, 0.3) is 5.91 Å².